The Hall–Kier alpha value is -1.35. The maximum Gasteiger partial charge on any atom is 0.134 e. The summed E-state index contributed by atoms with van der Waals surface area (Å²) in [4.78, 5) is 0. The van der Waals surface area contributed by atoms with Crippen LogP contribution in [0.25, 0.3) is 11.0 Å². The third-order valence-corrected chi connectivity index (χ3v) is 3.37. The average Bonchev–Trinajstić information content (AvgIpc) is 3.05. The number of nitrogens with two attached hydrogens (primary N) is 1. The van der Waals surface area contributed by atoms with Crippen LogP contribution in [0.2, 0.25) is 0 Å². The lowest BCUT2D eigenvalue weighted by molar-refractivity contribution is 0.463. The Bertz CT molecular complexity index is 542. The van der Waals surface area contributed by atoms with Gasteiger partial charge in [-0.2, -0.15) is 0 Å². The molecular formula is C13H14FNO. The molecule has 0 saturated heterocycles. The quantitative estimate of drug-likeness (QED) is 0.841. The second-order valence-electron chi connectivity index (χ2n) is 4.60. The van der Waals surface area contributed by atoms with E-state index in [0.29, 0.717) is 5.92 Å². The zero-order valence-corrected chi connectivity index (χ0v) is 9.16. The van der Waals surface area contributed by atoms with E-state index in [1.165, 1.54) is 25.0 Å². The van der Waals surface area contributed by atoms with Crippen molar-refractivity contribution in [1.29, 1.82) is 0 Å². The molecule has 1 aliphatic carbocycles. The summed E-state index contributed by atoms with van der Waals surface area (Å²) in [6.07, 6.45) is 2.35. The van der Waals surface area contributed by atoms with Gasteiger partial charge < -0.3 is 10.2 Å². The van der Waals surface area contributed by atoms with Gasteiger partial charge >= 0.3 is 0 Å². The second kappa shape index (κ2) is 3.32. The summed E-state index contributed by atoms with van der Waals surface area (Å²) in [5.41, 5.74) is 7.82. The van der Waals surface area contributed by atoms with Crippen LogP contribution in [0.15, 0.2) is 22.6 Å². The molecule has 1 fully saturated rings. The van der Waals surface area contributed by atoms with Crippen LogP contribution in [0.5, 0.6) is 0 Å². The van der Waals surface area contributed by atoms with Crippen molar-refractivity contribution in [1.82, 2.24) is 0 Å². The predicted octanol–water partition coefficient (Wildman–Crippen LogP) is 3.29. The maximum absolute atomic E-state index is 13.1. The molecule has 16 heavy (non-hydrogen) atoms. The highest BCUT2D eigenvalue weighted by molar-refractivity contribution is 5.82. The molecule has 0 amide bonds. The highest BCUT2D eigenvalue weighted by atomic mass is 19.1. The van der Waals surface area contributed by atoms with Gasteiger partial charge in [0.25, 0.3) is 0 Å². The zero-order valence-electron chi connectivity index (χ0n) is 9.16. The fraction of sp³-hybridized carbons (Fsp3) is 0.385. The van der Waals surface area contributed by atoms with Gasteiger partial charge in [0.05, 0.1) is 6.04 Å². The van der Waals surface area contributed by atoms with E-state index in [2.05, 4.69) is 0 Å². The first-order valence-electron chi connectivity index (χ1n) is 5.61. The summed E-state index contributed by atoms with van der Waals surface area (Å²) in [5, 5.41) is 0.839. The molecule has 1 saturated carbocycles. The summed E-state index contributed by atoms with van der Waals surface area (Å²) in [6, 6.07) is 4.56. The molecule has 3 rings (SSSR count). The Morgan fingerprint density at radius 1 is 1.44 bits per heavy atom. The molecule has 0 spiro atoms. The summed E-state index contributed by atoms with van der Waals surface area (Å²) in [5.74, 6) is 1.13. The van der Waals surface area contributed by atoms with Crippen molar-refractivity contribution in [2.24, 2.45) is 11.7 Å². The van der Waals surface area contributed by atoms with Crippen molar-refractivity contribution in [2.45, 2.75) is 25.8 Å². The first-order valence-corrected chi connectivity index (χ1v) is 5.61. The molecule has 84 valence electrons. The first-order chi connectivity index (χ1) is 7.66. The number of benzene rings is 1. The lowest BCUT2D eigenvalue weighted by Crippen LogP contribution is -2.12. The first kappa shape index (κ1) is 9.85. The summed E-state index contributed by atoms with van der Waals surface area (Å²) in [6.45, 7) is 1.95. The molecule has 0 radical (unpaired) electrons. The lowest BCUT2D eigenvalue weighted by atomic mass is 10.1. The molecule has 2 N–H and O–H groups in total. The van der Waals surface area contributed by atoms with Crippen molar-refractivity contribution >= 4 is 11.0 Å². The van der Waals surface area contributed by atoms with Crippen molar-refractivity contribution in [3.8, 4) is 0 Å². The van der Waals surface area contributed by atoms with Crippen molar-refractivity contribution in [3.63, 3.8) is 0 Å². The molecule has 2 nitrogen and oxygen atoms in total. The molecule has 0 unspecified atom stereocenters. The van der Waals surface area contributed by atoms with E-state index < -0.39 is 0 Å². The standard InChI is InChI=1S/C13H14FNO/c1-7-10-6-9(14)4-5-11(10)16-13(7)12(15)8-2-3-8/h4-6,8,12H,2-3,15H2,1H3/t12-/m0/s1. The SMILES string of the molecule is Cc1c([C@@H](N)C2CC2)oc2ccc(F)cc12. The summed E-state index contributed by atoms with van der Waals surface area (Å²) < 4.78 is 18.9. The largest absolute Gasteiger partial charge is 0.459 e. The Morgan fingerprint density at radius 2 is 2.19 bits per heavy atom. The van der Waals surface area contributed by atoms with Gasteiger partial charge in [0, 0.05) is 10.9 Å². The number of fused-ring (bicyclic) bond motifs is 1. The minimum atomic E-state index is -0.233. The van der Waals surface area contributed by atoms with Crippen LogP contribution in [0.3, 0.4) is 0 Å². The van der Waals surface area contributed by atoms with Crippen LogP contribution in [0.4, 0.5) is 4.39 Å². The van der Waals surface area contributed by atoms with Gasteiger partial charge in [0.1, 0.15) is 17.2 Å². The highest BCUT2D eigenvalue weighted by Gasteiger charge is 2.33. The molecule has 0 bridgehead atoms. The number of aryl methyl sites for hydroxylation is 1. The number of halogens is 1. The van der Waals surface area contributed by atoms with Gasteiger partial charge in [-0.05, 0) is 43.9 Å². The van der Waals surface area contributed by atoms with E-state index >= 15 is 0 Å². The molecule has 1 heterocycles. The maximum atomic E-state index is 13.1. The summed E-state index contributed by atoms with van der Waals surface area (Å²) in [7, 11) is 0. The van der Waals surface area contributed by atoms with Crippen LogP contribution in [-0.4, -0.2) is 0 Å². The smallest absolute Gasteiger partial charge is 0.134 e. The third-order valence-electron chi connectivity index (χ3n) is 3.37. The van der Waals surface area contributed by atoms with Gasteiger partial charge in [0.2, 0.25) is 0 Å². The number of hydrogen-bond donors (Lipinski definition) is 1. The van der Waals surface area contributed by atoms with Crippen molar-refractivity contribution in [3.05, 3.63) is 35.3 Å². The monoisotopic (exact) mass is 219 g/mol. The Morgan fingerprint density at radius 3 is 2.88 bits per heavy atom. The molecular weight excluding hydrogens is 205 g/mol. The van der Waals surface area contributed by atoms with E-state index in [4.69, 9.17) is 10.2 Å². The number of rotatable bonds is 2. The van der Waals surface area contributed by atoms with Gasteiger partial charge in [0.15, 0.2) is 0 Å². The zero-order chi connectivity index (χ0) is 11.3. The molecule has 1 aliphatic rings. The van der Waals surface area contributed by atoms with Crippen LogP contribution in [0.1, 0.15) is 30.2 Å². The lowest BCUT2D eigenvalue weighted by Gasteiger charge is -2.07. The third kappa shape index (κ3) is 1.43. The molecule has 1 atom stereocenters. The Kier molecular flexibility index (Phi) is 2.04. The van der Waals surface area contributed by atoms with Gasteiger partial charge in [-0.1, -0.05) is 0 Å². The van der Waals surface area contributed by atoms with Gasteiger partial charge in [-0.15, -0.1) is 0 Å². The van der Waals surface area contributed by atoms with Crippen LogP contribution >= 0.6 is 0 Å². The van der Waals surface area contributed by atoms with E-state index in [1.807, 2.05) is 6.92 Å². The van der Waals surface area contributed by atoms with Crippen molar-refractivity contribution < 1.29 is 8.81 Å². The van der Waals surface area contributed by atoms with Gasteiger partial charge in [-0.25, -0.2) is 4.39 Å². The molecule has 3 heteroatoms. The normalized spacial score (nSPS) is 17.9. The summed E-state index contributed by atoms with van der Waals surface area (Å²) >= 11 is 0. The highest BCUT2D eigenvalue weighted by Crippen LogP contribution is 2.42. The fourth-order valence-electron chi connectivity index (χ4n) is 2.20. The second-order valence-corrected chi connectivity index (χ2v) is 4.60. The number of hydrogen-bond acceptors (Lipinski definition) is 2. The average molecular weight is 219 g/mol. The molecule has 1 aromatic heterocycles. The predicted molar refractivity (Wildman–Crippen MR) is 60.6 cm³/mol. The fourth-order valence-corrected chi connectivity index (χ4v) is 2.20. The van der Waals surface area contributed by atoms with Crippen LogP contribution in [-0.2, 0) is 0 Å². The van der Waals surface area contributed by atoms with E-state index in [9.17, 15) is 4.39 Å². The molecule has 1 aromatic carbocycles. The topological polar surface area (TPSA) is 39.2 Å². The minimum Gasteiger partial charge on any atom is -0.459 e. The van der Waals surface area contributed by atoms with E-state index in [-0.39, 0.29) is 11.9 Å². The minimum absolute atomic E-state index is 0.0320. The number of furan rings is 1. The van der Waals surface area contributed by atoms with E-state index in [0.717, 1.165) is 22.3 Å². The molecule has 2 aromatic rings. The van der Waals surface area contributed by atoms with Crippen LogP contribution < -0.4 is 5.73 Å². The Labute approximate surface area is 93.2 Å². The molecule has 0 aliphatic heterocycles. The Balaban J connectivity index is 2.14. The van der Waals surface area contributed by atoms with E-state index in [1.54, 1.807) is 6.07 Å². The van der Waals surface area contributed by atoms with Gasteiger partial charge in [-0.3, -0.25) is 0 Å². The van der Waals surface area contributed by atoms with Crippen molar-refractivity contribution in [2.75, 3.05) is 0 Å². The van der Waals surface area contributed by atoms with Crippen LogP contribution in [0, 0.1) is 18.7 Å².